The molecule has 0 aliphatic carbocycles. The molecule has 12 rings (SSSR count). The number of benzene rings is 9. The van der Waals surface area contributed by atoms with E-state index in [-0.39, 0.29) is 12.0 Å². The van der Waals surface area contributed by atoms with E-state index in [1.807, 2.05) is 0 Å². The zero-order chi connectivity index (χ0) is 40.4. The van der Waals surface area contributed by atoms with Gasteiger partial charge >= 0.3 is 0 Å². The van der Waals surface area contributed by atoms with Gasteiger partial charge in [0.15, 0.2) is 0 Å². The van der Waals surface area contributed by atoms with Crippen LogP contribution in [0.5, 0.6) is 0 Å². The van der Waals surface area contributed by atoms with E-state index in [0.717, 1.165) is 44.0 Å². The number of hydrogen-bond acceptors (Lipinski definition) is 2. The first kappa shape index (κ1) is 35.2. The summed E-state index contributed by atoms with van der Waals surface area (Å²) in [5.74, 6) is 0.117. The van der Waals surface area contributed by atoms with Gasteiger partial charge in [0.05, 0.1) is 22.4 Å². The van der Waals surface area contributed by atoms with E-state index in [9.17, 15) is 0 Å². The van der Waals surface area contributed by atoms with Crippen molar-refractivity contribution in [1.82, 2.24) is 4.57 Å². The highest BCUT2D eigenvalue weighted by Gasteiger charge is 2.29. The molecule has 3 nitrogen and oxygen atoms in total. The van der Waals surface area contributed by atoms with Crippen molar-refractivity contribution < 1.29 is 4.42 Å². The van der Waals surface area contributed by atoms with Crippen molar-refractivity contribution in [2.75, 3.05) is 0 Å². The molecule has 2 unspecified atom stereocenters. The van der Waals surface area contributed by atoms with Gasteiger partial charge in [-0.3, -0.25) is 4.99 Å². The lowest BCUT2D eigenvalue weighted by atomic mass is 9.80. The van der Waals surface area contributed by atoms with E-state index in [2.05, 4.69) is 224 Å². The number of aromatic nitrogens is 1. The average molecular weight is 781 g/mol. The van der Waals surface area contributed by atoms with Gasteiger partial charge in [-0.05, 0) is 98.6 Å². The van der Waals surface area contributed by atoms with Crippen LogP contribution in [0.1, 0.15) is 24.1 Å². The van der Waals surface area contributed by atoms with Crippen LogP contribution in [-0.4, -0.2) is 4.57 Å². The van der Waals surface area contributed by atoms with Crippen LogP contribution in [0.2, 0.25) is 0 Å². The number of fused-ring (bicyclic) bond motifs is 7. The Labute approximate surface area is 353 Å². The van der Waals surface area contributed by atoms with Crippen molar-refractivity contribution >= 4 is 49.3 Å². The topological polar surface area (TPSA) is 30.4 Å². The van der Waals surface area contributed by atoms with Crippen LogP contribution in [0.15, 0.2) is 222 Å². The van der Waals surface area contributed by atoms with Crippen LogP contribution in [0.4, 0.5) is 0 Å². The van der Waals surface area contributed by atoms with Gasteiger partial charge in [-0.15, -0.1) is 0 Å². The second-order valence-corrected chi connectivity index (χ2v) is 16.3. The van der Waals surface area contributed by atoms with Gasteiger partial charge in [0.25, 0.3) is 0 Å². The lowest BCUT2D eigenvalue weighted by Crippen LogP contribution is -2.36. The second-order valence-electron chi connectivity index (χ2n) is 16.3. The van der Waals surface area contributed by atoms with E-state index in [4.69, 9.17) is 9.41 Å². The highest BCUT2D eigenvalue weighted by molar-refractivity contribution is 6.12. The molecular formula is C58H40N2O. The van der Waals surface area contributed by atoms with E-state index < -0.39 is 0 Å². The predicted octanol–water partition coefficient (Wildman–Crippen LogP) is 13.9. The van der Waals surface area contributed by atoms with Gasteiger partial charge in [-0.25, -0.2) is 0 Å². The fourth-order valence-electron chi connectivity index (χ4n) is 9.86. The summed E-state index contributed by atoms with van der Waals surface area (Å²) >= 11 is 0. The fourth-order valence-corrected chi connectivity index (χ4v) is 9.86. The maximum absolute atomic E-state index is 6.81. The normalized spacial score (nSPS) is 15.1. The fraction of sp³-hybridized carbons (Fsp3) is 0.0517. The summed E-state index contributed by atoms with van der Waals surface area (Å²) in [6, 6.07) is 76.4. The smallest absolute Gasteiger partial charge is 0.137 e. The first-order chi connectivity index (χ1) is 30.2. The average Bonchev–Trinajstić information content (AvgIpc) is 3.87. The number of rotatable bonds is 6. The van der Waals surface area contributed by atoms with Crippen LogP contribution < -0.4 is 10.6 Å². The van der Waals surface area contributed by atoms with Crippen molar-refractivity contribution in [2.45, 2.75) is 13.0 Å². The van der Waals surface area contributed by atoms with Gasteiger partial charge in [-0.2, -0.15) is 0 Å². The molecule has 2 aromatic heterocycles. The minimum absolute atomic E-state index is 0.0992. The second kappa shape index (κ2) is 14.2. The summed E-state index contributed by atoms with van der Waals surface area (Å²) in [5.41, 5.74) is 16.1. The molecule has 0 radical (unpaired) electrons. The Hall–Kier alpha value is -7.75. The van der Waals surface area contributed by atoms with Crippen molar-refractivity contribution in [3.05, 3.63) is 234 Å². The molecule has 0 fully saturated rings. The SMILES string of the molecule is CC1C(c2ccc(-c3ccccc3)cc2)=c2ccccc2=NC1c1cccc2oc3cc(-n4c5ccc(-c6ccccc6)cc5c5cc(-c6ccccc6)ccc54)ccc3c12. The first-order valence-electron chi connectivity index (χ1n) is 21.1. The number of nitrogens with zero attached hydrogens (tertiary/aromatic N) is 2. The van der Waals surface area contributed by atoms with Crippen LogP contribution >= 0.6 is 0 Å². The Morgan fingerprint density at radius 3 is 1.61 bits per heavy atom. The molecule has 288 valence electrons. The number of hydrogen-bond donors (Lipinski definition) is 0. The highest BCUT2D eigenvalue weighted by Crippen LogP contribution is 2.43. The van der Waals surface area contributed by atoms with Crippen molar-refractivity contribution in [3.8, 4) is 39.1 Å². The Balaban J connectivity index is 0.991. The summed E-state index contributed by atoms with van der Waals surface area (Å²) in [6.45, 7) is 2.33. The Morgan fingerprint density at radius 1 is 0.426 bits per heavy atom. The molecule has 0 bridgehead atoms. The molecule has 11 aromatic rings. The van der Waals surface area contributed by atoms with Crippen LogP contribution in [0.25, 0.3) is 88.4 Å². The third-order valence-corrected chi connectivity index (χ3v) is 12.8. The van der Waals surface area contributed by atoms with Crippen molar-refractivity contribution in [2.24, 2.45) is 10.9 Å². The van der Waals surface area contributed by atoms with E-state index in [0.29, 0.717) is 0 Å². The summed E-state index contributed by atoms with van der Waals surface area (Å²) in [5, 5.41) is 6.89. The van der Waals surface area contributed by atoms with Crippen molar-refractivity contribution in [3.63, 3.8) is 0 Å². The predicted molar refractivity (Wildman–Crippen MR) is 252 cm³/mol. The quantitative estimate of drug-likeness (QED) is 0.165. The number of furan rings is 1. The molecule has 0 spiro atoms. The third kappa shape index (κ3) is 5.84. The monoisotopic (exact) mass is 780 g/mol. The molecule has 3 heterocycles. The first-order valence-corrected chi connectivity index (χ1v) is 21.1. The maximum Gasteiger partial charge on any atom is 0.137 e. The number of para-hydroxylation sites is 1. The molecule has 9 aromatic carbocycles. The summed E-state index contributed by atoms with van der Waals surface area (Å²) in [4.78, 5) is 5.49. The molecule has 1 aliphatic heterocycles. The molecule has 0 amide bonds. The molecule has 2 atom stereocenters. The third-order valence-electron chi connectivity index (χ3n) is 12.8. The van der Waals surface area contributed by atoms with Crippen LogP contribution in [0, 0.1) is 5.92 Å². The molecule has 1 aliphatic rings. The highest BCUT2D eigenvalue weighted by atomic mass is 16.3. The van der Waals surface area contributed by atoms with Gasteiger partial charge < -0.3 is 8.98 Å². The largest absolute Gasteiger partial charge is 0.456 e. The van der Waals surface area contributed by atoms with Crippen molar-refractivity contribution in [1.29, 1.82) is 0 Å². The minimum atomic E-state index is -0.0992. The van der Waals surface area contributed by atoms with Gasteiger partial charge in [-0.1, -0.05) is 165 Å². The van der Waals surface area contributed by atoms with Crippen LogP contribution in [0.3, 0.4) is 0 Å². The molecule has 0 saturated carbocycles. The van der Waals surface area contributed by atoms with Gasteiger partial charge in [0.2, 0.25) is 0 Å². The van der Waals surface area contributed by atoms with E-state index in [1.165, 1.54) is 66.1 Å². The van der Waals surface area contributed by atoms with Gasteiger partial charge in [0.1, 0.15) is 11.2 Å². The Bertz CT molecular complexity index is 3490. The van der Waals surface area contributed by atoms with Gasteiger partial charge in [0, 0.05) is 44.4 Å². The van der Waals surface area contributed by atoms with Crippen LogP contribution in [-0.2, 0) is 0 Å². The molecular weight excluding hydrogens is 741 g/mol. The summed E-state index contributed by atoms with van der Waals surface area (Å²) in [6.07, 6.45) is 0. The molecule has 0 N–H and O–H groups in total. The van der Waals surface area contributed by atoms with E-state index >= 15 is 0 Å². The maximum atomic E-state index is 6.81. The lowest BCUT2D eigenvalue weighted by molar-refractivity contribution is 0.560. The summed E-state index contributed by atoms with van der Waals surface area (Å²) < 4.78 is 9.20. The minimum Gasteiger partial charge on any atom is -0.456 e. The Kier molecular flexibility index (Phi) is 8.21. The zero-order valence-corrected chi connectivity index (χ0v) is 33.7. The molecule has 3 heteroatoms. The lowest BCUT2D eigenvalue weighted by Gasteiger charge is -2.28. The van der Waals surface area contributed by atoms with E-state index in [1.54, 1.807) is 0 Å². The zero-order valence-electron chi connectivity index (χ0n) is 33.7. The Morgan fingerprint density at radius 2 is 0.967 bits per heavy atom. The standard InChI is InChI=1S/C58H40N2O/c1-37-56(42-26-24-41(25-27-42)38-14-5-2-6-15-38)46-20-11-12-22-51(46)59-58(37)48-21-13-23-54-57(48)47-31-30-45(36-55(47)61-54)60-52-32-28-43(39-16-7-3-8-17-39)34-49(52)50-35-44(29-33-53(50)60)40-18-9-4-10-19-40/h2-37,58H,1H3. The molecule has 0 saturated heterocycles. The molecule has 61 heavy (non-hydrogen) atoms. The summed E-state index contributed by atoms with van der Waals surface area (Å²) in [7, 11) is 0.